The highest BCUT2D eigenvalue weighted by Gasteiger charge is 2.39. The van der Waals surface area contributed by atoms with E-state index in [1.54, 1.807) is 16.5 Å². The number of aromatic nitrogens is 6. The van der Waals surface area contributed by atoms with Crippen molar-refractivity contribution in [3.63, 3.8) is 0 Å². The van der Waals surface area contributed by atoms with Gasteiger partial charge < -0.3 is 19.5 Å². The van der Waals surface area contributed by atoms with Gasteiger partial charge in [-0.3, -0.25) is 0 Å². The van der Waals surface area contributed by atoms with Crippen LogP contribution in [-0.4, -0.2) is 88.0 Å². The van der Waals surface area contributed by atoms with E-state index in [1.165, 1.54) is 25.5 Å². The van der Waals surface area contributed by atoms with Gasteiger partial charge in [0, 0.05) is 30.4 Å². The van der Waals surface area contributed by atoms with Crippen molar-refractivity contribution in [1.82, 2.24) is 29.7 Å². The van der Waals surface area contributed by atoms with E-state index in [-0.39, 0.29) is 69.4 Å². The maximum absolute atomic E-state index is 14.9. The molecule has 2 aliphatic heterocycles. The van der Waals surface area contributed by atoms with E-state index in [1.807, 2.05) is 0 Å². The molecular weight excluding hydrogens is 647 g/mol. The van der Waals surface area contributed by atoms with E-state index in [4.69, 9.17) is 9.47 Å². The summed E-state index contributed by atoms with van der Waals surface area (Å²) in [5.74, 6) is 0.180. The van der Waals surface area contributed by atoms with Crippen molar-refractivity contribution in [2.75, 3.05) is 44.1 Å². The molecule has 244 valence electrons. The van der Waals surface area contributed by atoms with Crippen LogP contribution >= 0.6 is 11.3 Å². The summed E-state index contributed by atoms with van der Waals surface area (Å²) in [5.41, 5.74) is -1.56. The Labute approximate surface area is 265 Å². The molecular formula is C29H30F3N7O5S2. The van der Waals surface area contributed by atoms with Crippen molar-refractivity contribution in [1.29, 1.82) is 0 Å². The Balaban J connectivity index is 1.54. The van der Waals surface area contributed by atoms with Crippen molar-refractivity contribution in [3.05, 3.63) is 29.7 Å². The molecule has 12 nitrogen and oxygen atoms in total. The van der Waals surface area contributed by atoms with Gasteiger partial charge in [0.2, 0.25) is 15.0 Å². The Kier molecular flexibility index (Phi) is 7.47. The first-order valence-electron chi connectivity index (χ1n) is 14.6. The van der Waals surface area contributed by atoms with E-state index in [0.717, 1.165) is 30.4 Å². The number of hydrogen-bond acceptors (Lipinski definition) is 12. The van der Waals surface area contributed by atoms with E-state index in [0.29, 0.717) is 23.9 Å². The van der Waals surface area contributed by atoms with E-state index in [2.05, 4.69) is 25.0 Å². The first-order valence-corrected chi connectivity index (χ1v) is 17.3. The third-order valence-electron chi connectivity index (χ3n) is 8.21. The molecule has 0 aliphatic carbocycles. The lowest BCUT2D eigenvalue weighted by Crippen LogP contribution is -2.42. The number of β-amino-alcohol motifs (C(OH)–C–C–N with tert-alkyl or cyclic N) is 1. The van der Waals surface area contributed by atoms with Crippen molar-refractivity contribution >= 4 is 58.3 Å². The number of aryl methyl sites for hydroxylation is 1. The zero-order valence-corrected chi connectivity index (χ0v) is 26.8. The van der Waals surface area contributed by atoms with E-state index in [9.17, 15) is 26.7 Å². The SMILES string of the molecule is Cc1cc2c(cnn2C2CCCCO2)c(-c2ncnc3c2sc2nc(S(C)(=O)=O)nc(N4CCOC[C@@](C)(O)C4)c23)c1C(F)(F)F. The summed E-state index contributed by atoms with van der Waals surface area (Å²) in [6.07, 6.45) is 0.905. The molecule has 1 unspecified atom stereocenters. The summed E-state index contributed by atoms with van der Waals surface area (Å²) < 4.78 is 83.4. The van der Waals surface area contributed by atoms with Crippen LogP contribution in [0.3, 0.4) is 0 Å². The fourth-order valence-corrected chi connectivity index (χ4v) is 7.95. The highest BCUT2D eigenvalue weighted by molar-refractivity contribution is 7.90. The summed E-state index contributed by atoms with van der Waals surface area (Å²) in [4.78, 5) is 19.5. The molecule has 46 heavy (non-hydrogen) atoms. The maximum Gasteiger partial charge on any atom is 0.417 e. The second-order valence-corrected chi connectivity index (χ2v) is 14.9. The van der Waals surface area contributed by atoms with Crippen LogP contribution in [0, 0.1) is 6.92 Å². The molecule has 0 saturated carbocycles. The first-order chi connectivity index (χ1) is 21.7. The highest BCUT2D eigenvalue weighted by atomic mass is 32.2. The zero-order valence-electron chi connectivity index (χ0n) is 25.1. The van der Waals surface area contributed by atoms with Gasteiger partial charge in [0.15, 0.2) is 6.23 Å². The van der Waals surface area contributed by atoms with Crippen molar-refractivity contribution in [2.45, 2.75) is 56.3 Å². The molecule has 1 aromatic carbocycles. The van der Waals surface area contributed by atoms with Crippen LogP contribution in [0.1, 0.15) is 43.5 Å². The average Bonchev–Trinajstić information content (AvgIpc) is 3.53. The summed E-state index contributed by atoms with van der Waals surface area (Å²) in [6, 6.07) is 1.48. The highest BCUT2D eigenvalue weighted by Crippen LogP contribution is 2.48. The fraction of sp³-hybridized carbons (Fsp3) is 0.483. The number of alkyl halides is 3. The minimum atomic E-state index is -4.74. The molecule has 0 amide bonds. The number of sulfone groups is 1. The zero-order chi connectivity index (χ0) is 32.6. The second-order valence-electron chi connectivity index (χ2n) is 12.0. The fourth-order valence-electron chi connectivity index (χ4n) is 6.27. The molecule has 4 aromatic heterocycles. The van der Waals surface area contributed by atoms with Gasteiger partial charge in [0.1, 0.15) is 22.6 Å². The summed E-state index contributed by atoms with van der Waals surface area (Å²) >= 11 is 0.985. The van der Waals surface area contributed by atoms with Crippen molar-refractivity contribution < 1.29 is 36.2 Å². The minimum Gasteiger partial charge on any atom is -0.386 e. The molecule has 2 saturated heterocycles. The van der Waals surface area contributed by atoms with Crippen LogP contribution in [0.4, 0.5) is 19.0 Å². The summed E-state index contributed by atoms with van der Waals surface area (Å²) in [6.45, 7) is 4.12. The molecule has 1 N–H and O–H groups in total. The largest absolute Gasteiger partial charge is 0.417 e. The number of thiophene rings is 1. The number of halogens is 3. The minimum absolute atomic E-state index is 0.00734. The number of anilines is 1. The molecule has 0 spiro atoms. The van der Waals surface area contributed by atoms with Gasteiger partial charge in [-0.1, -0.05) is 0 Å². The molecule has 2 aliphatic rings. The summed E-state index contributed by atoms with van der Waals surface area (Å²) in [7, 11) is -3.91. The average molecular weight is 678 g/mol. The van der Waals surface area contributed by atoms with Crippen molar-refractivity contribution in [2.24, 2.45) is 0 Å². The van der Waals surface area contributed by atoms with Gasteiger partial charge in [-0.15, -0.1) is 11.3 Å². The molecule has 2 atom stereocenters. The van der Waals surface area contributed by atoms with Gasteiger partial charge in [-0.05, 0) is 44.7 Å². The second kappa shape index (κ2) is 11.0. The smallest absolute Gasteiger partial charge is 0.386 e. The van der Waals surface area contributed by atoms with Gasteiger partial charge in [-0.2, -0.15) is 18.3 Å². The molecule has 5 aromatic rings. The Morgan fingerprint density at radius 1 is 1.17 bits per heavy atom. The monoisotopic (exact) mass is 677 g/mol. The summed E-state index contributed by atoms with van der Waals surface area (Å²) in [5, 5.41) is 15.5. The van der Waals surface area contributed by atoms with Crippen LogP contribution in [0.2, 0.25) is 0 Å². The van der Waals surface area contributed by atoms with Crippen LogP contribution in [0.25, 0.3) is 42.6 Å². The Hall–Kier alpha value is -3.51. The normalized spacial score (nSPS) is 21.8. The number of hydrogen-bond donors (Lipinski definition) is 1. The molecule has 17 heteroatoms. The number of fused-ring (bicyclic) bond motifs is 4. The predicted octanol–water partition coefficient (Wildman–Crippen LogP) is 4.67. The van der Waals surface area contributed by atoms with Crippen LogP contribution in [0.5, 0.6) is 0 Å². The Morgan fingerprint density at radius 2 is 1.98 bits per heavy atom. The molecule has 2 fully saturated rings. The Morgan fingerprint density at radius 3 is 2.70 bits per heavy atom. The van der Waals surface area contributed by atoms with Gasteiger partial charge >= 0.3 is 6.18 Å². The maximum atomic E-state index is 14.9. The lowest BCUT2D eigenvalue weighted by Gasteiger charge is -2.28. The van der Waals surface area contributed by atoms with Gasteiger partial charge in [0.05, 0.1) is 58.3 Å². The molecule has 0 bridgehead atoms. The number of ether oxygens (including phenoxy) is 2. The number of aliphatic hydroxyl groups is 1. The quantitative estimate of drug-likeness (QED) is 0.265. The van der Waals surface area contributed by atoms with E-state index < -0.39 is 38.6 Å². The molecule has 0 radical (unpaired) electrons. The van der Waals surface area contributed by atoms with Gasteiger partial charge in [0.25, 0.3) is 0 Å². The third-order valence-corrected chi connectivity index (χ3v) is 10.1. The standard InChI is InChI=1S/C29H30F3N7O5S2/c1-15-10-17-16(11-35-39(17)18-6-4-5-8-44-18)19(21(15)29(30,31)32)22-24-23(34-14-33-22)20-25(38-7-9-43-13-28(2,40)12-38)36-27(46(3,41)42)37-26(20)45-24/h10-11,14,18,40H,4-9,12-13H2,1-3H3/t18?,28-/m0/s1. The first kappa shape index (κ1) is 31.1. The lowest BCUT2D eigenvalue weighted by molar-refractivity contribution is -0.137. The van der Waals surface area contributed by atoms with Crippen molar-refractivity contribution in [3.8, 4) is 11.3 Å². The Bertz CT molecular complexity index is 2110. The number of benzene rings is 1. The van der Waals surface area contributed by atoms with E-state index >= 15 is 0 Å². The molecule has 6 heterocycles. The van der Waals surface area contributed by atoms with Gasteiger partial charge in [-0.25, -0.2) is 33.0 Å². The third kappa shape index (κ3) is 5.36. The number of nitrogens with zero attached hydrogens (tertiary/aromatic N) is 7. The topological polar surface area (TPSA) is 145 Å². The van der Waals surface area contributed by atoms with Crippen LogP contribution in [-0.2, 0) is 25.5 Å². The molecule has 7 rings (SSSR count). The van der Waals surface area contributed by atoms with Crippen LogP contribution in [0.15, 0.2) is 23.7 Å². The predicted molar refractivity (Wildman–Crippen MR) is 165 cm³/mol. The lowest BCUT2D eigenvalue weighted by atomic mass is 9.94. The number of rotatable bonds is 4. The van der Waals surface area contributed by atoms with Crippen LogP contribution < -0.4 is 4.90 Å².